The van der Waals surface area contributed by atoms with Gasteiger partial charge in [-0.1, -0.05) is 48.4 Å². The number of fused-ring (bicyclic) bond motifs is 2. The van der Waals surface area contributed by atoms with Gasteiger partial charge in [-0.3, -0.25) is 19.8 Å². The van der Waals surface area contributed by atoms with Gasteiger partial charge in [0.25, 0.3) is 5.69 Å². The van der Waals surface area contributed by atoms with Crippen LogP contribution in [0.4, 0.5) is 14.9 Å². The van der Waals surface area contributed by atoms with Crippen LogP contribution in [0.2, 0.25) is 0 Å². The van der Waals surface area contributed by atoms with Crippen LogP contribution < -0.4 is 14.2 Å². The van der Waals surface area contributed by atoms with Gasteiger partial charge in [0.15, 0.2) is 6.29 Å². The summed E-state index contributed by atoms with van der Waals surface area (Å²) < 4.78 is 46.6. The number of carbonyl (C=O) groups is 2. The molecule has 370 valence electrons. The molecule has 2 N–H and O–H groups in total. The summed E-state index contributed by atoms with van der Waals surface area (Å²) in [6.07, 6.45) is 9.83. The van der Waals surface area contributed by atoms with Gasteiger partial charge >= 0.3 is 6.09 Å². The van der Waals surface area contributed by atoms with E-state index in [1.165, 1.54) is 31.4 Å². The summed E-state index contributed by atoms with van der Waals surface area (Å²) in [5.74, 6) is -1.65. The van der Waals surface area contributed by atoms with Gasteiger partial charge in [-0.15, -0.1) is 13.2 Å². The fourth-order valence-electron chi connectivity index (χ4n) is 10.0. The van der Waals surface area contributed by atoms with Gasteiger partial charge in [0.1, 0.15) is 41.5 Å². The third-order valence-electron chi connectivity index (χ3n) is 13.2. The van der Waals surface area contributed by atoms with E-state index in [0.29, 0.717) is 96.6 Å². The second kappa shape index (κ2) is 24.1. The summed E-state index contributed by atoms with van der Waals surface area (Å²) in [6, 6.07) is 21.3. The summed E-state index contributed by atoms with van der Waals surface area (Å²) in [5.41, 5.74) is 3.55. The maximum atomic E-state index is 14.7. The number of methoxy groups -OCH3 is 1. The number of nitro groups is 1. The Balaban J connectivity index is 1.45. The molecular formula is C54H60FN3O12. The number of halogens is 1. The van der Waals surface area contributed by atoms with Crippen LogP contribution in [0.1, 0.15) is 84.3 Å². The molecule has 6 atom stereocenters. The Bertz CT molecular complexity index is 2530. The summed E-state index contributed by atoms with van der Waals surface area (Å²) in [4.78, 5) is 45.4. The number of nitro benzene ring substituents is 1. The highest BCUT2D eigenvalue weighted by Gasteiger charge is 2.65. The quantitative estimate of drug-likeness (QED) is 0.0211. The molecule has 1 aliphatic heterocycles. The predicted molar refractivity (Wildman–Crippen MR) is 259 cm³/mol. The minimum Gasteiger partial charge on any atom is -0.496 e. The lowest BCUT2D eigenvalue weighted by Gasteiger charge is -2.59. The molecule has 2 aliphatic carbocycles. The number of allylic oxidation sites excluding steroid dienone is 1. The van der Waals surface area contributed by atoms with Gasteiger partial charge in [0, 0.05) is 49.8 Å². The number of nitrogens with zero attached hydrogens (tertiary/aromatic N) is 3. The second-order valence-electron chi connectivity index (χ2n) is 17.5. The van der Waals surface area contributed by atoms with Crippen molar-refractivity contribution >= 4 is 23.8 Å². The van der Waals surface area contributed by atoms with E-state index in [0.717, 1.165) is 11.1 Å². The van der Waals surface area contributed by atoms with Crippen LogP contribution in [0, 0.1) is 33.7 Å². The molecular weight excluding hydrogens is 902 g/mol. The number of ether oxygens (including phenoxy) is 5. The molecule has 15 nitrogen and oxygen atoms in total. The highest BCUT2D eigenvalue weighted by atomic mass is 19.1. The molecule has 1 saturated carbocycles. The topological polar surface area (TPSA) is 189 Å². The molecule has 4 aromatic carbocycles. The standard InChI is InChI=1S/C54H60FN3O12/c1-4-6-28-66-53(62)57(33-36-13-17-40(55)18-14-36)50-32-47(56-68-35-37-15-19-41(20-16-37)58(63)64)45-30-38(11-7-9-25-59)44(12-8-10-26-60)51-46-31-43(69-42-21-23-48(65-3)39(29-42)34-61)22-24-49(46)70-54(50,52(45)51)67-27-5-2/h4-5,13-24,29-31,34,38,44,50-52,59-60H,1-2,6-12,25-28,32-33,35H2,3H3. The summed E-state index contributed by atoms with van der Waals surface area (Å²) in [6.45, 7) is 7.79. The molecule has 16 heteroatoms. The van der Waals surface area contributed by atoms with Gasteiger partial charge in [0.2, 0.25) is 5.79 Å². The molecule has 1 amide bonds. The molecule has 4 aromatic rings. The molecule has 0 radical (unpaired) electrons. The first kappa shape index (κ1) is 51.0. The fraction of sp³-hybridized carbons (Fsp3) is 0.389. The number of non-ortho nitro benzene ring substituents is 1. The Morgan fingerprint density at radius 3 is 2.36 bits per heavy atom. The summed E-state index contributed by atoms with van der Waals surface area (Å²) >= 11 is 0. The molecule has 0 spiro atoms. The van der Waals surface area contributed by atoms with Crippen molar-refractivity contribution in [3.8, 4) is 23.0 Å². The van der Waals surface area contributed by atoms with E-state index in [4.69, 9.17) is 33.7 Å². The van der Waals surface area contributed by atoms with Gasteiger partial charge < -0.3 is 38.7 Å². The van der Waals surface area contributed by atoms with Gasteiger partial charge in [-0.05, 0) is 121 Å². The molecule has 0 saturated heterocycles. The fourth-order valence-corrected chi connectivity index (χ4v) is 10.0. The Kier molecular flexibility index (Phi) is 17.6. The Labute approximate surface area is 406 Å². The van der Waals surface area contributed by atoms with Gasteiger partial charge in [-0.25, -0.2) is 9.18 Å². The van der Waals surface area contributed by atoms with Crippen LogP contribution >= 0.6 is 0 Å². The third-order valence-corrected chi connectivity index (χ3v) is 13.2. The van der Waals surface area contributed by atoms with Gasteiger partial charge in [0.05, 0.1) is 42.4 Å². The van der Waals surface area contributed by atoms with Crippen LogP contribution in [0.5, 0.6) is 23.0 Å². The first-order chi connectivity index (χ1) is 34.1. The lowest BCUT2D eigenvalue weighted by Crippen LogP contribution is -2.70. The number of aliphatic hydroxyl groups is 2. The molecule has 0 bridgehead atoms. The van der Waals surface area contributed by atoms with Crippen molar-refractivity contribution in [2.24, 2.45) is 22.9 Å². The minimum absolute atomic E-state index is 0.00306. The maximum Gasteiger partial charge on any atom is 0.410 e. The Morgan fingerprint density at radius 1 is 0.957 bits per heavy atom. The molecule has 1 heterocycles. The molecule has 1 fully saturated rings. The number of benzene rings is 4. The largest absolute Gasteiger partial charge is 0.496 e. The van der Waals surface area contributed by atoms with E-state index in [-0.39, 0.29) is 63.5 Å². The van der Waals surface area contributed by atoms with Crippen molar-refractivity contribution in [2.75, 3.05) is 33.5 Å². The normalized spacial score (nSPS) is 21.5. The number of aldehydes is 1. The lowest BCUT2D eigenvalue weighted by molar-refractivity contribution is -0.384. The van der Waals surface area contributed by atoms with Crippen molar-refractivity contribution in [1.29, 1.82) is 0 Å². The Morgan fingerprint density at radius 2 is 1.67 bits per heavy atom. The zero-order valence-electron chi connectivity index (χ0n) is 39.3. The third kappa shape index (κ3) is 11.6. The van der Waals surface area contributed by atoms with Crippen LogP contribution in [-0.2, 0) is 27.5 Å². The van der Waals surface area contributed by atoms with Crippen molar-refractivity contribution in [1.82, 2.24) is 4.90 Å². The van der Waals surface area contributed by atoms with E-state index in [2.05, 4.69) is 19.2 Å². The number of carbonyl (C=O) groups excluding carboxylic acids is 2. The highest BCUT2D eigenvalue weighted by molar-refractivity contribution is 6.03. The first-order valence-electron chi connectivity index (χ1n) is 23.6. The van der Waals surface area contributed by atoms with Crippen molar-refractivity contribution in [3.05, 3.63) is 160 Å². The second-order valence-corrected chi connectivity index (χ2v) is 17.5. The number of aliphatic hydroxyl groups excluding tert-OH is 2. The van der Waals surface area contributed by atoms with Crippen molar-refractivity contribution < 1.29 is 57.6 Å². The van der Waals surface area contributed by atoms with E-state index >= 15 is 0 Å². The Hall–Kier alpha value is -6.88. The minimum atomic E-state index is -1.64. The average Bonchev–Trinajstić information content (AvgIpc) is 3.37. The van der Waals surface area contributed by atoms with Crippen molar-refractivity contribution in [3.63, 3.8) is 0 Å². The SMILES string of the molecule is C=CCCOC(=O)N(Cc1ccc(F)cc1)C1CC(=NOCc2ccc([N+](=O)[O-])cc2)C2=CC(CCCCO)C(CCCCO)C3c4cc(Oc5ccc(OC)c(C=O)c5)ccc4OC1(OCC=C)C23. The zero-order chi connectivity index (χ0) is 49.6. The number of amides is 1. The van der Waals surface area contributed by atoms with E-state index < -0.39 is 40.5 Å². The lowest BCUT2D eigenvalue weighted by atomic mass is 9.55. The predicted octanol–water partition coefficient (Wildman–Crippen LogP) is 10.4. The zero-order valence-corrected chi connectivity index (χ0v) is 39.3. The molecule has 3 aliphatic rings. The highest BCUT2D eigenvalue weighted by Crippen LogP contribution is 2.62. The van der Waals surface area contributed by atoms with Crippen molar-refractivity contribution in [2.45, 2.75) is 82.3 Å². The van der Waals surface area contributed by atoms with E-state index in [1.807, 2.05) is 12.1 Å². The van der Waals surface area contributed by atoms with E-state index in [1.54, 1.807) is 65.6 Å². The van der Waals surface area contributed by atoms with Crippen LogP contribution in [-0.4, -0.2) is 83.5 Å². The number of oxime groups is 1. The number of hydrogen-bond acceptors (Lipinski definition) is 13. The number of rotatable bonds is 25. The van der Waals surface area contributed by atoms with Crippen LogP contribution in [0.3, 0.4) is 0 Å². The number of unbranched alkanes of at least 4 members (excludes halogenated alkanes) is 2. The average molecular weight is 962 g/mol. The number of hydrogen-bond donors (Lipinski definition) is 2. The smallest absolute Gasteiger partial charge is 0.410 e. The molecule has 70 heavy (non-hydrogen) atoms. The van der Waals surface area contributed by atoms with Crippen LogP contribution in [0.15, 0.2) is 127 Å². The monoisotopic (exact) mass is 961 g/mol. The maximum absolute atomic E-state index is 14.7. The summed E-state index contributed by atoms with van der Waals surface area (Å²) in [7, 11) is 1.48. The van der Waals surface area contributed by atoms with E-state index in [9.17, 15) is 34.3 Å². The van der Waals surface area contributed by atoms with Gasteiger partial charge in [-0.2, -0.15) is 0 Å². The molecule has 0 aromatic heterocycles. The first-order valence-corrected chi connectivity index (χ1v) is 23.6. The van der Waals surface area contributed by atoms with Crippen LogP contribution in [0.25, 0.3) is 0 Å². The summed E-state index contributed by atoms with van der Waals surface area (Å²) in [5, 5.41) is 36.3. The molecule has 6 unspecified atom stereocenters. The molecule has 7 rings (SSSR count).